The molecule has 1 aliphatic heterocycles. The molecule has 0 aromatic heterocycles. The highest BCUT2D eigenvalue weighted by Gasteiger charge is 2.41. The van der Waals surface area contributed by atoms with Crippen LogP contribution in [0.15, 0.2) is 42.5 Å². The van der Waals surface area contributed by atoms with Crippen molar-refractivity contribution in [1.29, 1.82) is 0 Å². The fourth-order valence-electron chi connectivity index (χ4n) is 4.51. The number of ketones is 1. The average molecular weight is 424 g/mol. The van der Waals surface area contributed by atoms with Gasteiger partial charge in [0.1, 0.15) is 29.8 Å². The van der Waals surface area contributed by atoms with Crippen LogP contribution in [0, 0.1) is 0 Å². The highest BCUT2D eigenvalue weighted by atomic mass is 16.5. The average Bonchev–Trinajstić information content (AvgIpc) is 2.76. The molecule has 1 saturated carbocycles. The quantitative estimate of drug-likeness (QED) is 0.630. The first-order valence-electron chi connectivity index (χ1n) is 11.5. The first-order chi connectivity index (χ1) is 14.9. The Morgan fingerprint density at radius 3 is 2.55 bits per heavy atom. The van der Waals surface area contributed by atoms with E-state index in [1.165, 1.54) is 12.0 Å². The van der Waals surface area contributed by atoms with Crippen LogP contribution in [0.2, 0.25) is 0 Å². The van der Waals surface area contributed by atoms with E-state index in [1.54, 1.807) is 18.2 Å². The summed E-state index contributed by atoms with van der Waals surface area (Å²) in [5, 5.41) is 13.6. The van der Waals surface area contributed by atoms with Gasteiger partial charge < -0.3 is 19.9 Å². The second kappa shape index (κ2) is 9.31. The molecule has 5 heteroatoms. The predicted molar refractivity (Wildman–Crippen MR) is 122 cm³/mol. The number of anilines is 1. The lowest BCUT2D eigenvalue weighted by Crippen LogP contribution is -2.43. The molecule has 31 heavy (non-hydrogen) atoms. The summed E-state index contributed by atoms with van der Waals surface area (Å²) in [6.45, 7) is 4.89. The van der Waals surface area contributed by atoms with Gasteiger partial charge in [-0.05, 0) is 61.4 Å². The maximum atomic E-state index is 12.6. The fourth-order valence-corrected chi connectivity index (χ4v) is 4.51. The minimum absolute atomic E-state index is 0.155. The van der Waals surface area contributed by atoms with Gasteiger partial charge in [0.05, 0.1) is 12.0 Å². The molecular formula is C26H33NO4. The van der Waals surface area contributed by atoms with Crippen molar-refractivity contribution in [1.82, 2.24) is 0 Å². The van der Waals surface area contributed by atoms with Crippen molar-refractivity contribution in [2.24, 2.45) is 0 Å². The number of rotatable bonds is 7. The highest BCUT2D eigenvalue weighted by molar-refractivity contribution is 6.00. The van der Waals surface area contributed by atoms with Gasteiger partial charge in [0.25, 0.3) is 0 Å². The molecule has 5 nitrogen and oxygen atoms in total. The topological polar surface area (TPSA) is 67.8 Å². The van der Waals surface area contributed by atoms with Crippen LogP contribution < -0.4 is 14.8 Å². The van der Waals surface area contributed by atoms with Crippen molar-refractivity contribution in [2.45, 2.75) is 70.0 Å². The molecule has 1 heterocycles. The number of carbonyl (C=O) groups is 1. The Labute approximate surface area is 184 Å². The standard InChI is InChI=1S/C26H33NO4/c1-18(2)19-6-8-20(9-7-19)27-16-21(28)17-30-22-10-11-23-24(29)15-26(31-25(23)14-22)12-4-3-5-13-26/h6-11,14,18,21,27-28H,3-5,12-13,15-17H2,1-2H3. The van der Waals surface area contributed by atoms with Gasteiger partial charge in [0.15, 0.2) is 5.78 Å². The molecule has 2 N–H and O–H groups in total. The zero-order valence-corrected chi connectivity index (χ0v) is 18.5. The van der Waals surface area contributed by atoms with Gasteiger partial charge in [-0.1, -0.05) is 32.4 Å². The van der Waals surface area contributed by atoms with Crippen molar-refractivity contribution in [3.63, 3.8) is 0 Å². The Balaban J connectivity index is 1.31. The Hall–Kier alpha value is -2.53. The SMILES string of the molecule is CC(C)c1ccc(NCC(O)COc2ccc3c(c2)OC2(CCCCC2)CC3=O)cc1. The molecule has 0 amide bonds. The summed E-state index contributed by atoms with van der Waals surface area (Å²) in [6, 6.07) is 13.6. The first kappa shape index (κ1) is 21.7. The van der Waals surface area contributed by atoms with Gasteiger partial charge >= 0.3 is 0 Å². The molecule has 0 bridgehead atoms. The number of aliphatic hydroxyl groups is 1. The van der Waals surface area contributed by atoms with Crippen LogP contribution in [0.4, 0.5) is 5.69 Å². The summed E-state index contributed by atoms with van der Waals surface area (Å²) < 4.78 is 12.1. The molecule has 2 aromatic carbocycles. The van der Waals surface area contributed by atoms with E-state index in [4.69, 9.17) is 9.47 Å². The van der Waals surface area contributed by atoms with Crippen LogP contribution >= 0.6 is 0 Å². The summed E-state index contributed by atoms with van der Waals surface area (Å²) in [4.78, 5) is 12.6. The summed E-state index contributed by atoms with van der Waals surface area (Å²) >= 11 is 0. The molecule has 0 radical (unpaired) electrons. The third kappa shape index (κ3) is 5.21. The number of nitrogens with one attached hydrogen (secondary N) is 1. The summed E-state index contributed by atoms with van der Waals surface area (Å²) in [7, 11) is 0. The minimum Gasteiger partial charge on any atom is -0.491 e. The molecule has 166 valence electrons. The van der Waals surface area contributed by atoms with Crippen LogP contribution in [-0.4, -0.2) is 35.7 Å². The van der Waals surface area contributed by atoms with Crippen molar-refractivity contribution >= 4 is 11.5 Å². The van der Waals surface area contributed by atoms with E-state index in [-0.39, 0.29) is 18.0 Å². The molecule has 2 aromatic rings. The predicted octanol–water partition coefficient (Wildman–Crippen LogP) is 5.33. The largest absolute Gasteiger partial charge is 0.491 e. The lowest BCUT2D eigenvalue weighted by Gasteiger charge is -2.40. The van der Waals surface area contributed by atoms with Gasteiger partial charge in [-0.15, -0.1) is 0 Å². The minimum atomic E-state index is -0.659. The van der Waals surface area contributed by atoms with Crippen molar-refractivity contribution in [2.75, 3.05) is 18.5 Å². The molecule has 0 saturated heterocycles. The third-order valence-corrected chi connectivity index (χ3v) is 6.39. The lowest BCUT2D eigenvalue weighted by atomic mass is 9.78. The molecular weight excluding hydrogens is 390 g/mol. The number of benzene rings is 2. The number of hydrogen-bond donors (Lipinski definition) is 2. The number of fused-ring (bicyclic) bond motifs is 1. The van der Waals surface area contributed by atoms with Gasteiger partial charge in [0, 0.05) is 18.3 Å². The van der Waals surface area contributed by atoms with E-state index in [9.17, 15) is 9.90 Å². The number of Topliss-reactive ketones (excluding diaryl/α,β-unsaturated/α-hetero) is 1. The van der Waals surface area contributed by atoms with Gasteiger partial charge in [0.2, 0.25) is 0 Å². The van der Waals surface area contributed by atoms with Crippen LogP contribution in [0.25, 0.3) is 0 Å². The number of aliphatic hydroxyl groups excluding tert-OH is 1. The monoisotopic (exact) mass is 423 g/mol. The summed E-state index contributed by atoms with van der Waals surface area (Å²) in [5.41, 5.74) is 2.56. The molecule has 1 atom stereocenters. The van der Waals surface area contributed by atoms with E-state index in [0.29, 0.717) is 35.9 Å². The third-order valence-electron chi connectivity index (χ3n) is 6.39. The van der Waals surface area contributed by atoms with Gasteiger partial charge in [-0.3, -0.25) is 4.79 Å². The Bertz CT molecular complexity index is 900. The second-order valence-corrected chi connectivity index (χ2v) is 9.23. The maximum Gasteiger partial charge on any atom is 0.170 e. The number of hydrogen-bond acceptors (Lipinski definition) is 5. The van der Waals surface area contributed by atoms with E-state index in [0.717, 1.165) is 31.4 Å². The van der Waals surface area contributed by atoms with E-state index >= 15 is 0 Å². The Morgan fingerprint density at radius 1 is 1.10 bits per heavy atom. The van der Waals surface area contributed by atoms with Crippen molar-refractivity contribution in [3.8, 4) is 11.5 Å². The molecule has 4 rings (SSSR count). The molecule has 1 fully saturated rings. The van der Waals surface area contributed by atoms with E-state index in [2.05, 4.69) is 31.3 Å². The van der Waals surface area contributed by atoms with Gasteiger partial charge in [-0.2, -0.15) is 0 Å². The van der Waals surface area contributed by atoms with Gasteiger partial charge in [-0.25, -0.2) is 0 Å². The second-order valence-electron chi connectivity index (χ2n) is 9.23. The maximum absolute atomic E-state index is 12.6. The van der Waals surface area contributed by atoms with Crippen LogP contribution in [-0.2, 0) is 0 Å². The molecule has 1 spiro atoms. The van der Waals surface area contributed by atoms with Crippen LogP contribution in [0.3, 0.4) is 0 Å². The van der Waals surface area contributed by atoms with Crippen LogP contribution in [0.1, 0.15) is 74.2 Å². The van der Waals surface area contributed by atoms with E-state index in [1.807, 2.05) is 12.1 Å². The normalized spacial score (nSPS) is 18.4. The molecule has 2 aliphatic rings. The first-order valence-corrected chi connectivity index (χ1v) is 11.5. The summed E-state index contributed by atoms with van der Waals surface area (Å²) in [6.07, 6.45) is 5.12. The zero-order valence-electron chi connectivity index (χ0n) is 18.5. The van der Waals surface area contributed by atoms with Crippen LogP contribution in [0.5, 0.6) is 11.5 Å². The smallest absolute Gasteiger partial charge is 0.170 e. The number of carbonyl (C=O) groups excluding carboxylic acids is 1. The summed E-state index contributed by atoms with van der Waals surface area (Å²) in [5.74, 6) is 1.88. The fraction of sp³-hybridized carbons (Fsp3) is 0.500. The lowest BCUT2D eigenvalue weighted by molar-refractivity contribution is 0.0133. The Kier molecular flexibility index (Phi) is 6.51. The zero-order chi connectivity index (χ0) is 21.8. The van der Waals surface area contributed by atoms with Crippen molar-refractivity contribution < 1.29 is 19.4 Å². The molecule has 1 aliphatic carbocycles. The number of ether oxygens (including phenoxy) is 2. The molecule has 1 unspecified atom stereocenters. The van der Waals surface area contributed by atoms with E-state index < -0.39 is 6.10 Å². The van der Waals surface area contributed by atoms with Crippen molar-refractivity contribution in [3.05, 3.63) is 53.6 Å². The highest BCUT2D eigenvalue weighted by Crippen LogP contribution is 2.42. The Morgan fingerprint density at radius 2 is 1.84 bits per heavy atom.